The molecule has 0 saturated heterocycles. The zero-order chi connectivity index (χ0) is 11.3. The minimum Gasteiger partial charge on any atom is -0.352 e. The lowest BCUT2D eigenvalue weighted by atomic mass is 10.2. The van der Waals surface area contributed by atoms with E-state index in [0.717, 1.165) is 24.2 Å². The van der Waals surface area contributed by atoms with Gasteiger partial charge in [-0.1, -0.05) is 0 Å². The summed E-state index contributed by atoms with van der Waals surface area (Å²) in [5.41, 5.74) is 7.56. The van der Waals surface area contributed by atoms with Crippen molar-refractivity contribution in [3.63, 3.8) is 0 Å². The number of carbonyl (C=O) groups excluding carboxylic acids is 1. The van der Waals surface area contributed by atoms with Gasteiger partial charge >= 0.3 is 0 Å². The van der Waals surface area contributed by atoms with Crippen molar-refractivity contribution >= 4 is 5.91 Å². The van der Waals surface area contributed by atoms with E-state index >= 15 is 0 Å². The fourth-order valence-electron chi connectivity index (χ4n) is 1.45. The van der Waals surface area contributed by atoms with Gasteiger partial charge in [-0.05, 0) is 33.2 Å². The molecule has 1 amide bonds. The molecule has 1 heterocycles. The number of nitrogens with one attached hydrogen (secondary N) is 2. The Labute approximate surface area is 89.4 Å². The third-order valence-electron chi connectivity index (χ3n) is 2.27. The zero-order valence-electron chi connectivity index (χ0n) is 9.26. The Morgan fingerprint density at radius 1 is 1.47 bits per heavy atom. The highest BCUT2D eigenvalue weighted by Gasteiger charge is 2.13. The zero-order valence-corrected chi connectivity index (χ0v) is 9.26. The van der Waals surface area contributed by atoms with E-state index in [1.54, 1.807) is 0 Å². The summed E-state index contributed by atoms with van der Waals surface area (Å²) >= 11 is 0. The topological polar surface area (TPSA) is 83.8 Å². The number of H-pyrrole nitrogens is 1. The number of aryl methyl sites for hydroxylation is 2. The molecule has 0 spiro atoms. The third-order valence-corrected chi connectivity index (χ3v) is 2.27. The number of carbonyl (C=O) groups is 1. The van der Waals surface area contributed by atoms with Gasteiger partial charge in [0, 0.05) is 12.2 Å². The van der Waals surface area contributed by atoms with Crippen molar-refractivity contribution in [2.45, 2.75) is 26.7 Å². The number of hydrogen-bond donors (Lipinski definition) is 3. The van der Waals surface area contributed by atoms with E-state index in [2.05, 4.69) is 15.5 Å². The lowest BCUT2D eigenvalue weighted by molar-refractivity contribution is 0.0952. The van der Waals surface area contributed by atoms with E-state index in [0.29, 0.717) is 18.7 Å². The van der Waals surface area contributed by atoms with Crippen molar-refractivity contribution in [2.75, 3.05) is 13.1 Å². The first kappa shape index (κ1) is 11.7. The highest BCUT2D eigenvalue weighted by Crippen LogP contribution is 2.08. The maximum atomic E-state index is 11.7. The molecular weight excluding hydrogens is 192 g/mol. The normalized spacial score (nSPS) is 10.3. The quantitative estimate of drug-likeness (QED) is 0.619. The van der Waals surface area contributed by atoms with Crippen molar-refractivity contribution in [3.8, 4) is 0 Å². The largest absolute Gasteiger partial charge is 0.352 e. The van der Waals surface area contributed by atoms with Crippen LogP contribution in [0.4, 0.5) is 0 Å². The SMILES string of the molecule is Cc1n[nH]c(C)c1C(=O)NCCCCN. The van der Waals surface area contributed by atoms with E-state index in [4.69, 9.17) is 5.73 Å². The predicted octanol–water partition coefficient (Wildman–Crippen LogP) is 0.495. The van der Waals surface area contributed by atoms with Crippen LogP contribution < -0.4 is 11.1 Å². The first-order valence-corrected chi connectivity index (χ1v) is 5.16. The van der Waals surface area contributed by atoms with E-state index in [9.17, 15) is 4.79 Å². The third kappa shape index (κ3) is 3.06. The molecule has 0 atom stereocenters. The average Bonchev–Trinajstić information content (AvgIpc) is 2.53. The molecule has 84 valence electrons. The fourth-order valence-corrected chi connectivity index (χ4v) is 1.45. The van der Waals surface area contributed by atoms with Crippen LogP contribution in [-0.2, 0) is 0 Å². The van der Waals surface area contributed by atoms with Crippen molar-refractivity contribution in [1.82, 2.24) is 15.5 Å². The molecule has 0 saturated carbocycles. The monoisotopic (exact) mass is 210 g/mol. The Balaban J connectivity index is 2.47. The van der Waals surface area contributed by atoms with Crippen LogP contribution in [0.5, 0.6) is 0 Å². The molecule has 1 aromatic rings. The van der Waals surface area contributed by atoms with Crippen molar-refractivity contribution < 1.29 is 4.79 Å². The van der Waals surface area contributed by atoms with E-state index < -0.39 is 0 Å². The van der Waals surface area contributed by atoms with Crippen LogP contribution in [0.2, 0.25) is 0 Å². The minimum absolute atomic E-state index is 0.0595. The molecule has 0 radical (unpaired) electrons. The molecule has 4 N–H and O–H groups in total. The van der Waals surface area contributed by atoms with Crippen LogP contribution in [0.15, 0.2) is 0 Å². The molecule has 0 aliphatic carbocycles. The highest BCUT2D eigenvalue weighted by atomic mass is 16.1. The van der Waals surface area contributed by atoms with Gasteiger partial charge in [-0.15, -0.1) is 0 Å². The molecule has 15 heavy (non-hydrogen) atoms. The Morgan fingerprint density at radius 2 is 2.20 bits per heavy atom. The van der Waals surface area contributed by atoms with Crippen molar-refractivity contribution in [3.05, 3.63) is 17.0 Å². The van der Waals surface area contributed by atoms with Gasteiger partial charge in [0.1, 0.15) is 0 Å². The molecule has 1 rings (SSSR count). The number of aromatic amines is 1. The molecule has 0 aliphatic rings. The minimum atomic E-state index is -0.0595. The highest BCUT2D eigenvalue weighted by molar-refractivity contribution is 5.96. The molecular formula is C10H18N4O. The van der Waals surface area contributed by atoms with Gasteiger partial charge < -0.3 is 11.1 Å². The lowest BCUT2D eigenvalue weighted by Gasteiger charge is -2.04. The summed E-state index contributed by atoms with van der Waals surface area (Å²) in [6, 6.07) is 0. The van der Waals surface area contributed by atoms with E-state index in [1.807, 2.05) is 13.8 Å². The number of nitrogens with zero attached hydrogens (tertiary/aromatic N) is 1. The summed E-state index contributed by atoms with van der Waals surface area (Å²) in [5, 5.41) is 9.61. The number of nitrogens with two attached hydrogens (primary N) is 1. The Morgan fingerprint density at radius 3 is 2.73 bits per heavy atom. The van der Waals surface area contributed by atoms with Gasteiger partial charge in [0.15, 0.2) is 0 Å². The first-order valence-electron chi connectivity index (χ1n) is 5.16. The van der Waals surface area contributed by atoms with Crippen LogP contribution in [0.25, 0.3) is 0 Å². The maximum Gasteiger partial charge on any atom is 0.255 e. The number of aromatic nitrogens is 2. The van der Waals surface area contributed by atoms with Crippen LogP contribution >= 0.6 is 0 Å². The summed E-state index contributed by atoms with van der Waals surface area (Å²) in [5.74, 6) is -0.0595. The van der Waals surface area contributed by atoms with Gasteiger partial charge in [-0.2, -0.15) is 5.10 Å². The number of hydrogen-bond acceptors (Lipinski definition) is 3. The summed E-state index contributed by atoms with van der Waals surface area (Å²) in [6.45, 7) is 4.99. The second-order valence-corrected chi connectivity index (χ2v) is 3.56. The number of unbranched alkanes of at least 4 members (excludes halogenated alkanes) is 1. The summed E-state index contributed by atoms with van der Waals surface area (Å²) < 4.78 is 0. The standard InChI is InChI=1S/C10H18N4O/c1-7-9(8(2)14-13-7)10(15)12-6-4-3-5-11/h3-6,11H2,1-2H3,(H,12,15)(H,13,14). The average molecular weight is 210 g/mol. The number of rotatable bonds is 5. The summed E-state index contributed by atoms with van der Waals surface area (Å²) in [6.07, 6.45) is 1.85. The molecule has 0 bridgehead atoms. The van der Waals surface area contributed by atoms with Gasteiger partial charge in [-0.25, -0.2) is 0 Å². The molecule has 0 aliphatic heterocycles. The Hall–Kier alpha value is -1.36. The van der Waals surface area contributed by atoms with Crippen LogP contribution in [0.1, 0.15) is 34.6 Å². The molecule has 5 nitrogen and oxygen atoms in total. The van der Waals surface area contributed by atoms with E-state index in [1.165, 1.54) is 0 Å². The summed E-state index contributed by atoms with van der Waals surface area (Å²) in [4.78, 5) is 11.7. The Kier molecular flexibility index (Phi) is 4.30. The fraction of sp³-hybridized carbons (Fsp3) is 0.600. The lowest BCUT2D eigenvalue weighted by Crippen LogP contribution is -2.25. The van der Waals surface area contributed by atoms with Gasteiger partial charge in [0.2, 0.25) is 0 Å². The van der Waals surface area contributed by atoms with Crippen molar-refractivity contribution in [1.29, 1.82) is 0 Å². The smallest absolute Gasteiger partial charge is 0.255 e. The number of amides is 1. The molecule has 0 unspecified atom stereocenters. The predicted molar refractivity (Wildman–Crippen MR) is 58.7 cm³/mol. The second kappa shape index (κ2) is 5.50. The first-order chi connectivity index (χ1) is 7.16. The van der Waals surface area contributed by atoms with Crippen LogP contribution in [0, 0.1) is 13.8 Å². The summed E-state index contributed by atoms with van der Waals surface area (Å²) in [7, 11) is 0. The second-order valence-electron chi connectivity index (χ2n) is 3.56. The van der Waals surface area contributed by atoms with E-state index in [-0.39, 0.29) is 5.91 Å². The molecule has 0 fully saturated rings. The Bertz CT molecular complexity index is 313. The van der Waals surface area contributed by atoms with Gasteiger partial charge in [0.05, 0.1) is 11.3 Å². The van der Waals surface area contributed by atoms with Crippen LogP contribution in [0.3, 0.4) is 0 Å². The van der Waals surface area contributed by atoms with Crippen LogP contribution in [-0.4, -0.2) is 29.2 Å². The maximum absolute atomic E-state index is 11.7. The molecule has 0 aromatic carbocycles. The van der Waals surface area contributed by atoms with Gasteiger partial charge in [-0.3, -0.25) is 9.89 Å². The molecule has 5 heteroatoms. The van der Waals surface area contributed by atoms with Crippen molar-refractivity contribution in [2.24, 2.45) is 5.73 Å². The van der Waals surface area contributed by atoms with Gasteiger partial charge in [0.25, 0.3) is 5.91 Å². The molecule has 1 aromatic heterocycles.